The summed E-state index contributed by atoms with van der Waals surface area (Å²) in [5.74, 6) is 0.426. The second-order valence-electron chi connectivity index (χ2n) is 10.2. The molecule has 1 saturated heterocycles. The molecule has 2 heterocycles. The van der Waals surface area contributed by atoms with Crippen LogP contribution in [0, 0.1) is 0 Å². The van der Waals surface area contributed by atoms with Crippen LogP contribution in [0.3, 0.4) is 0 Å². The maximum Gasteiger partial charge on any atom is 0.338 e. The summed E-state index contributed by atoms with van der Waals surface area (Å²) in [6.45, 7) is 12.7. The number of methoxy groups -OCH3 is 2. The number of para-hydroxylation sites is 1. The molecule has 0 aliphatic carbocycles. The highest BCUT2D eigenvalue weighted by Gasteiger charge is 2.40. The smallest absolute Gasteiger partial charge is 0.338 e. The van der Waals surface area contributed by atoms with Crippen LogP contribution in [0.15, 0.2) is 29.5 Å². The highest BCUT2D eigenvalue weighted by atomic mass is 16.5. The number of carbonyl (C=O) groups is 3. The minimum Gasteiger partial charge on any atom is -0.493 e. The second kappa shape index (κ2) is 12.4. The zero-order chi connectivity index (χ0) is 28.0. The van der Waals surface area contributed by atoms with Crippen LogP contribution in [0.5, 0.6) is 11.5 Å². The number of piperazine rings is 1. The molecule has 2 aliphatic heterocycles. The van der Waals surface area contributed by atoms with Crippen molar-refractivity contribution in [3.8, 4) is 11.5 Å². The Bertz CT molecular complexity index is 1060. The van der Waals surface area contributed by atoms with Gasteiger partial charge in [0.25, 0.3) is 0 Å². The number of likely N-dealkylation sites (N-methyl/N-ethyl adjacent to an activating group) is 1. The van der Waals surface area contributed by atoms with Crippen LogP contribution in [0.2, 0.25) is 0 Å². The van der Waals surface area contributed by atoms with E-state index < -0.39 is 12.0 Å². The Morgan fingerprint density at radius 2 is 1.76 bits per heavy atom. The number of esters is 1. The molecular weight excluding hydrogens is 490 g/mol. The van der Waals surface area contributed by atoms with Gasteiger partial charge >= 0.3 is 18.0 Å². The lowest BCUT2D eigenvalue weighted by Gasteiger charge is -2.41. The predicted octanol–water partition coefficient (Wildman–Crippen LogP) is 2.73. The molecule has 0 unspecified atom stereocenters. The van der Waals surface area contributed by atoms with Crippen LogP contribution in [0.25, 0.3) is 0 Å². The topological polar surface area (TPSA) is 113 Å². The fraction of sp³-hybridized carbons (Fsp3) is 0.593. The molecule has 1 aromatic carbocycles. The molecule has 210 valence electrons. The number of nitrogens with one attached hydrogen (secondary N) is 2. The summed E-state index contributed by atoms with van der Waals surface area (Å²) in [6.07, 6.45) is 0. The maximum atomic E-state index is 13.4. The number of carbonyl (C=O) groups excluding carboxylic acids is 3. The van der Waals surface area contributed by atoms with Crippen LogP contribution >= 0.6 is 0 Å². The van der Waals surface area contributed by atoms with Crippen molar-refractivity contribution >= 4 is 18.0 Å². The van der Waals surface area contributed by atoms with Crippen molar-refractivity contribution in [1.29, 1.82) is 0 Å². The quantitative estimate of drug-likeness (QED) is 0.496. The average molecular weight is 532 g/mol. The lowest BCUT2D eigenvalue weighted by Crippen LogP contribution is -2.56. The third kappa shape index (κ3) is 6.50. The van der Waals surface area contributed by atoms with E-state index >= 15 is 0 Å². The third-order valence-corrected chi connectivity index (χ3v) is 6.51. The van der Waals surface area contributed by atoms with Gasteiger partial charge in [-0.3, -0.25) is 9.80 Å². The zero-order valence-corrected chi connectivity index (χ0v) is 23.6. The van der Waals surface area contributed by atoms with Gasteiger partial charge in [0, 0.05) is 56.1 Å². The van der Waals surface area contributed by atoms with E-state index in [2.05, 4.69) is 15.5 Å². The molecule has 0 spiro atoms. The maximum absolute atomic E-state index is 13.4. The first-order valence-corrected chi connectivity index (χ1v) is 13.0. The first-order chi connectivity index (χ1) is 18.0. The van der Waals surface area contributed by atoms with Gasteiger partial charge < -0.3 is 29.7 Å². The summed E-state index contributed by atoms with van der Waals surface area (Å²) in [7, 11) is 3.06. The predicted molar refractivity (Wildman–Crippen MR) is 143 cm³/mol. The van der Waals surface area contributed by atoms with E-state index in [-0.39, 0.29) is 24.2 Å². The number of ether oxygens (including phenoxy) is 3. The first-order valence-electron chi connectivity index (χ1n) is 13.0. The van der Waals surface area contributed by atoms with Gasteiger partial charge in [0.05, 0.1) is 32.4 Å². The van der Waals surface area contributed by atoms with Crippen molar-refractivity contribution in [2.45, 2.75) is 46.2 Å². The number of rotatable bonds is 8. The van der Waals surface area contributed by atoms with E-state index in [1.54, 1.807) is 34.9 Å². The minimum atomic E-state index is -0.789. The van der Waals surface area contributed by atoms with Gasteiger partial charge in [0.15, 0.2) is 11.5 Å². The van der Waals surface area contributed by atoms with Gasteiger partial charge in [-0.25, -0.2) is 14.4 Å². The molecule has 4 amide bonds. The van der Waals surface area contributed by atoms with Crippen molar-refractivity contribution in [2.75, 3.05) is 60.1 Å². The highest BCUT2D eigenvalue weighted by molar-refractivity contribution is 5.95. The van der Waals surface area contributed by atoms with E-state index in [1.807, 2.05) is 27.7 Å². The summed E-state index contributed by atoms with van der Waals surface area (Å²) < 4.78 is 16.6. The zero-order valence-electron chi connectivity index (χ0n) is 23.6. The van der Waals surface area contributed by atoms with Crippen LogP contribution < -0.4 is 20.1 Å². The molecule has 11 nitrogen and oxygen atoms in total. The first kappa shape index (κ1) is 29.1. The Balaban J connectivity index is 1.97. The van der Waals surface area contributed by atoms with Gasteiger partial charge in [-0.15, -0.1) is 0 Å². The second-order valence-corrected chi connectivity index (χ2v) is 10.2. The average Bonchev–Trinajstić information content (AvgIpc) is 2.87. The molecule has 1 aromatic rings. The Kier molecular flexibility index (Phi) is 9.48. The fourth-order valence-corrected chi connectivity index (χ4v) is 4.75. The van der Waals surface area contributed by atoms with Gasteiger partial charge in [0.2, 0.25) is 0 Å². The van der Waals surface area contributed by atoms with E-state index in [0.717, 1.165) is 0 Å². The number of urea groups is 2. The third-order valence-electron chi connectivity index (χ3n) is 6.51. The molecule has 38 heavy (non-hydrogen) atoms. The Morgan fingerprint density at radius 3 is 2.32 bits per heavy atom. The van der Waals surface area contributed by atoms with Crippen LogP contribution in [0.4, 0.5) is 9.59 Å². The molecule has 3 rings (SSSR count). The van der Waals surface area contributed by atoms with E-state index in [9.17, 15) is 14.4 Å². The van der Waals surface area contributed by atoms with Crippen molar-refractivity contribution in [1.82, 2.24) is 25.3 Å². The van der Waals surface area contributed by atoms with Crippen molar-refractivity contribution in [2.24, 2.45) is 0 Å². The lowest BCUT2D eigenvalue weighted by molar-refractivity contribution is -0.139. The molecule has 11 heteroatoms. The van der Waals surface area contributed by atoms with Crippen molar-refractivity contribution < 1.29 is 28.6 Å². The standard InChI is InChI=1S/C27H41N5O6/c1-8-32-19(17-30-13-15-31(16-14-30)26(35)29-27(3,4)5)21(24(33)38-9-2)22(28-25(32)34)18-11-10-12-20(36-6)23(18)37-7/h10-12,22H,8-9,13-17H2,1-7H3,(H,28,34)(H,29,35)/t22-/m1/s1. The van der Waals surface area contributed by atoms with Crippen LogP contribution in [-0.4, -0.2) is 98.4 Å². The molecule has 0 aromatic heterocycles. The van der Waals surface area contributed by atoms with Gasteiger partial charge in [-0.2, -0.15) is 0 Å². The van der Waals surface area contributed by atoms with E-state index in [0.29, 0.717) is 67.6 Å². The van der Waals surface area contributed by atoms with E-state index in [1.165, 1.54) is 14.2 Å². The SMILES string of the molecule is CCOC(=O)C1=C(CN2CCN(C(=O)NC(C)(C)C)CC2)N(CC)C(=O)N[C@@H]1c1cccc(OC)c1OC. The van der Waals surface area contributed by atoms with Crippen molar-refractivity contribution in [3.05, 3.63) is 35.0 Å². The summed E-state index contributed by atoms with van der Waals surface area (Å²) in [5, 5.41) is 5.97. The van der Waals surface area contributed by atoms with Crippen LogP contribution in [0.1, 0.15) is 46.2 Å². The summed E-state index contributed by atoms with van der Waals surface area (Å²) in [6, 6.07) is 4.16. The molecule has 1 atom stereocenters. The molecule has 0 bridgehead atoms. The summed E-state index contributed by atoms with van der Waals surface area (Å²) in [4.78, 5) is 44.8. The number of hydrogen-bond donors (Lipinski definition) is 2. The number of hydrogen-bond acceptors (Lipinski definition) is 7. The van der Waals surface area contributed by atoms with Crippen LogP contribution in [-0.2, 0) is 9.53 Å². The van der Waals surface area contributed by atoms with Gasteiger partial charge in [-0.1, -0.05) is 12.1 Å². The highest BCUT2D eigenvalue weighted by Crippen LogP contribution is 2.40. The lowest BCUT2D eigenvalue weighted by atomic mass is 9.93. The minimum absolute atomic E-state index is 0.0963. The normalized spacial score (nSPS) is 18.7. The largest absolute Gasteiger partial charge is 0.493 e. The fourth-order valence-electron chi connectivity index (χ4n) is 4.75. The molecule has 2 aliphatic rings. The van der Waals surface area contributed by atoms with Crippen molar-refractivity contribution in [3.63, 3.8) is 0 Å². The number of benzene rings is 1. The Morgan fingerprint density at radius 1 is 1.08 bits per heavy atom. The monoisotopic (exact) mass is 531 g/mol. The van der Waals surface area contributed by atoms with E-state index in [4.69, 9.17) is 14.2 Å². The summed E-state index contributed by atoms with van der Waals surface area (Å²) in [5.41, 5.74) is 1.21. The number of nitrogens with zero attached hydrogens (tertiary/aromatic N) is 3. The summed E-state index contributed by atoms with van der Waals surface area (Å²) >= 11 is 0. The molecular formula is C27H41N5O6. The van der Waals surface area contributed by atoms with Gasteiger partial charge in [-0.05, 0) is 40.7 Å². The van der Waals surface area contributed by atoms with Gasteiger partial charge in [0.1, 0.15) is 0 Å². The Hall–Kier alpha value is -3.47. The molecule has 0 saturated carbocycles. The molecule has 0 radical (unpaired) electrons. The molecule has 1 fully saturated rings. The Labute approximate surface area is 225 Å². The number of amides is 4. The molecule has 2 N–H and O–H groups in total.